The molecule has 4 heterocycles. The van der Waals surface area contributed by atoms with Crippen LogP contribution in [0.3, 0.4) is 0 Å². The molecule has 0 spiro atoms. The molecule has 0 N–H and O–H groups in total. The first-order chi connectivity index (χ1) is 30.7. The number of fused-ring (bicyclic) bond motifs is 6. The SMILES string of the molecule is c1ccc(-c2nc(-c3cccc(-n4c5ccccc5c5ccccc54)c3)cc(-c3ccc4cc(-c5ccccc5)n5nc(-c6ccccc6)c(-c6ccccc6)c5c4c3)n2)cc1. The molecule has 8 aromatic carbocycles. The van der Waals surface area contributed by atoms with Gasteiger partial charge < -0.3 is 4.57 Å². The minimum absolute atomic E-state index is 0.672. The Kier molecular flexibility index (Phi) is 8.42. The summed E-state index contributed by atoms with van der Waals surface area (Å²) in [6.07, 6.45) is 0. The largest absolute Gasteiger partial charge is 0.309 e. The van der Waals surface area contributed by atoms with E-state index in [1.54, 1.807) is 0 Å². The summed E-state index contributed by atoms with van der Waals surface area (Å²) < 4.78 is 4.50. The van der Waals surface area contributed by atoms with Gasteiger partial charge in [-0.25, -0.2) is 14.5 Å². The number of benzene rings is 8. The summed E-state index contributed by atoms with van der Waals surface area (Å²) >= 11 is 0. The molecule has 0 fully saturated rings. The van der Waals surface area contributed by atoms with Gasteiger partial charge in [-0.15, -0.1) is 0 Å². The minimum Gasteiger partial charge on any atom is -0.309 e. The normalized spacial score (nSPS) is 11.5. The third kappa shape index (κ3) is 5.98. The number of hydrogen-bond donors (Lipinski definition) is 0. The molecule has 0 aliphatic carbocycles. The average molecular weight is 792 g/mol. The number of hydrogen-bond acceptors (Lipinski definition) is 3. The van der Waals surface area contributed by atoms with E-state index in [9.17, 15) is 0 Å². The van der Waals surface area contributed by atoms with Gasteiger partial charge in [-0.2, -0.15) is 5.10 Å². The Balaban J connectivity index is 1.10. The molecule has 0 saturated carbocycles. The Morgan fingerprint density at radius 1 is 0.355 bits per heavy atom. The molecular formula is C57H37N5. The number of aromatic nitrogens is 5. The Morgan fingerprint density at radius 3 is 1.53 bits per heavy atom. The van der Waals surface area contributed by atoms with E-state index in [4.69, 9.17) is 15.1 Å². The number of nitrogens with zero attached hydrogens (tertiary/aromatic N) is 5. The van der Waals surface area contributed by atoms with Crippen LogP contribution < -0.4 is 0 Å². The Labute approximate surface area is 358 Å². The first kappa shape index (κ1) is 35.5. The highest BCUT2D eigenvalue weighted by Crippen LogP contribution is 2.42. The molecule has 62 heavy (non-hydrogen) atoms. The summed E-state index contributed by atoms with van der Waals surface area (Å²) in [7, 11) is 0. The number of rotatable bonds is 7. The van der Waals surface area contributed by atoms with Gasteiger partial charge in [0.05, 0.1) is 33.6 Å². The van der Waals surface area contributed by atoms with Crippen LogP contribution in [-0.4, -0.2) is 24.1 Å². The van der Waals surface area contributed by atoms with E-state index in [0.29, 0.717) is 5.82 Å². The van der Waals surface area contributed by atoms with Crippen LogP contribution in [0.2, 0.25) is 0 Å². The zero-order valence-electron chi connectivity index (χ0n) is 33.6. The molecule has 0 saturated heterocycles. The maximum atomic E-state index is 5.45. The quantitative estimate of drug-likeness (QED) is 0.162. The van der Waals surface area contributed by atoms with Crippen molar-refractivity contribution in [1.82, 2.24) is 24.1 Å². The molecule has 0 unspecified atom stereocenters. The zero-order valence-corrected chi connectivity index (χ0v) is 33.6. The molecule has 0 aliphatic rings. The van der Waals surface area contributed by atoms with E-state index in [-0.39, 0.29) is 0 Å². The third-order valence-electron chi connectivity index (χ3n) is 11.9. The van der Waals surface area contributed by atoms with Crippen molar-refractivity contribution in [2.75, 3.05) is 0 Å². The van der Waals surface area contributed by atoms with Crippen LogP contribution in [0, 0.1) is 0 Å². The molecule has 12 aromatic rings. The molecule has 0 bridgehead atoms. The molecule has 0 radical (unpaired) electrons. The van der Waals surface area contributed by atoms with E-state index < -0.39 is 0 Å². The highest BCUT2D eigenvalue weighted by Gasteiger charge is 2.22. The van der Waals surface area contributed by atoms with Gasteiger partial charge in [0.25, 0.3) is 0 Å². The summed E-state index contributed by atoms with van der Waals surface area (Å²) in [5.41, 5.74) is 15.4. The lowest BCUT2D eigenvalue weighted by Gasteiger charge is -2.14. The number of para-hydroxylation sites is 2. The molecular weight excluding hydrogens is 755 g/mol. The lowest BCUT2D eigenvalue weighted by atomic mass is 9.95. The molecule has 4 aromatic heterocycles. The first-order valence-corrected chi connectivity index (χ1v) is 20.9. The Morgan fingerprint density at radius 2 is 0.887 bits per heavy atom. The molecule has 5 nitrogen and oxygen atoms in total. The second-order valence-electron chi connectivity index (χ2n) is 15.7. The van der Waals surface area contributed by atoms with Crippen LogP contribution in [0.1, 0.15) is 0 Å². The van der Waals surface area contributed by atoms with Gasteiger partial charge in [-0.1, -0.05) is 182 Å². The van der Waals surface area contributed by atoms with Crippen LogP contribution in [0.15, 0.2) is 224 Å². The summed E-state index contributed by atoms with van der Waals surface area (Å²) in [5, 5.41) is 10.1. The summed E-state index contributed by atoms with van der Waals surface area (Å²) in [4.78, 5) is 10.6. The molecule has 0 atom stereocenters. The van der Waals surface area contributed by atoms with Crippen LogP contribution in [0.5, 0.6) is 0 Å². The van der Waals surface area contributed by atoms with Crippen molar-refractivity contribution in [1.29, 1.82) is 0 Å². The average Bonchev–Trinajstić information content (AvgIpc) is 3.92. The van der Waals surface area contributed by atoms with Crippen molar-refractivity contribution < 1.29 is 0 Å². The second kappa shape index (κ2) is 14.7. The first-order valence-electron chi connectivity index (χ1n) is 20.9. The van der Waals surface area contributed by atoms with Crippen molar-refractivity contribution >= 4 is 38.1 Å². The van der Waals surface area contributed by atoms with Gasteiger partial charge in [0.15, 0.2) is 5.82 Å². The maximum Gasteiger partial charge on any atom is 0.160 e. The third-order valence-corrected chi connectivity index (χ3v) is 11.9. The van der Waals surface area contributed by atoms with E-state index >= 15 is 0 Å². The lowest BCUT2D eigenvalue weighted by Crippen LogP contribution is -1.98. The fourth-order valence-electron chi connectivity index (χ4n) is 9.05. The predicted octanol–water partition coefficient (Wildman–Crippen LogP) is 14.4. The molecule has 0 amide bonds. The lowest BCUT2D eigenvalue weighted by molar-refractivity contribution is 0.979. The summed E-state index contributed by atoms with van der Waals surface area (Å²) in [6.45, 7) is 0. The van der Waals surface area contributed by atoms with Crippen LogP contribution in [0.4, 0.5) is 0 Å². The Hall–Kier alpha value is -8.41. The molecule has 0 aliphatic heterocycles. The zero-order chi connectivity index (χ0) is 41.0. The van der Waals surface area contributed by atoms with Gasteiger partial charge in [-0.05, 0) is 53.4 Å². The van der Waals surface area contributed by atoms with Crippen molar-refractivity contribution in [3.63, 3.8) is 0 Å². The second-order valence-corrected chi connectivity index (χ2v) is 15.7. The van der Waals surface area contributed by atoms with Gasteiger partial charge in [0.2, 0.25) is 0 Å². The Bertz CT molecular complexity index is 3560. The van der Waals surface area contributed by atoms with Crippen LogP contribution >= 0.6 is 0 Å². The van der Waals surface area contributed by atoms with Crippen molar-refractivity contribution in [3.8, 4) is 73.2 Å². The monoisotopic (exact) mass is 791 g/mol. The van der Waals surface area contributed by atoms with Crippen LogP contribution in [0.25, 0.3) is 111 Å². The van der Waals surface area contributed by atoms with Gasteiger partial charge >= 0.3 is 0 Å². The fourth-order valence-corrected chi connectivity index (χ4v) is 9.05. The number of pyridine rings is 1. The van der Waals surface area contributed by atoms with E-state index in [1.165, 1.54) is 21.8 Å². The van der Waals surface area contributed by atoms with Crippen molar-refractivity contribution in [2.24, 2.45) is 0 Å². The summed E-state index contributed by atoms with van der Waals surface area (Å²) in [5.74, 6) is 0.672. The van der Waals surface area contributed by atoms with Gasteiger partial charge in [0, 0.05) is 55.2 Å². The maximum absolute atomic E-state index is 5.45. The van der Waals surface area contributed by atoms with E-state index in [0.717, 1.165) is 83.7 Å². The predicted molar refractivity (Wildman–Crippen MR) is 255 cm³/mol. The molecule has 5 heteroatoms. The van der Waals surface area contributed by atoms with E-state index in [2.05, 4.69) is 215 Å². The van der Waals surface area contributed by atoms with Gasteiger partial charge in [0.1, 0.15) is 5.69 Å². The highest BCUT2D eigenvalue weighted by atomic mass is 15.2. The van der Waals surface area contributed by atoms with Gasteiger partial charge in [-0.3, -0.25) is 0 Å². The smallest absolute Gasteiger partial charge is 0.160 e. The van der Waals surface area contributed by atoms with Crippen molar-refractivity contribution in [2.45, 2.75) is 0 Å². The summed E-state index contributed by atoms with van der Waals surface area (Å²) in [6, 6.07) is 79.0. The van der Waals surface area contributed by atoms with Crippen molar-refractivity contribution in [3.05, 3.63) is 224 Å². The van der Waals surface area contributed by atoms with E-state index in [1.807, 2.05) is 18.2 Å². The minimum atomic E-state index is 0.672. The molecule has 290 valence electrons. The topological polar surface area (TPSA) is 48.0 Å². The van der Waals surface area contributed by atoms with Crippen LogP contribution in [-0.2, 0) is 0 Å². The fraction of sp³-hybridized carbons (Fsp3) is 0. The highest BCUT2D eigenvalue weighted by molar-refractivity contribution is 6.10. The molecule has 12 rings (SSSR count). The standard InChI is InChI=1S/C57H37N5/c1-5-18-38(19-6-1)53-36-42-32-33-44(35-48(42)56-54(39-20-7-2-8-21-39)55(60-62(53)56)40-22-9-3-10-23-40)50-37-49(58-57(59-50)41-24-11-4-12-25-41)43-26-17-27-45(34-43)61-51-30-15-13-28-46(51)47-29-14-16-31-52(47)61/h1-37H.